The molecule has 84 valence electrons. The van der Waals surface area contributed by atoms with Crippen molar-refractivity contribution in [3.8, 4) is 5.75 Å². The van der Waals surface area contributed by atoms with Crippen molar-refractivity contribution in [3.63, 3.8) is 0 Å². The van der Waals surface area contributed by atoms with Crippen LogP contribution in [0.4, 0.5) is 0 Å². The standard InChI is InChI=1S/C12H18ClNO/c1-7-6-8(2)11(15-5)9(10(7)13)12(3,4)14/h6H,14H2,1-5H3. The number of ether oxygens (including phenoxy) is 1. The first-order chi connectivity index (χ1) is 6.79. The summed E-state index contributed by atoms with van der Waals surface area (Å²) in [5, 5.41) is 0.699. The van der Waals surface area contributed by atoms with Crippen LogP contribution in [-0.2, 0) is 5.54 Å². The maximum Gasteiger partial charge on any atom is 0.128 e. The minimum Gasteiger partial charge on any atom is -0.496 e. The number of halogens is 1. The highest BCUT2D eigenvalue weighted by atomic mass is 35.5. The van der Waals surface area contributed by atoms with Crippen molar-refractivity contribution >= 4 is 11.6 Å². The lowest BCUT2D eigenvalue weighted by atomic mass is 9.91. The third-order valence-electron chi connectivity index (χ3n) is 2.43. The van der Waals surface area contributed by atoms with Crippen LogP contribution in [0, 0.1) is 13.8 Å². The molecule has 0 saturated heterocycles. The van der Waals surface area contributed by atoms with Crippen molar-refractivity contribution in [1.82, 2.24) is 0 Å². The van der Waals surface area contributed by atoms with Crippen molar-refractivity contribution in [1.29, 1.82) is 0 Å². The first kappa shape index (κ1) is 12.3. The predicted octanol–water partition coefficient (Wildman–Crippen LogP) is 3.16. The molecule has 1 rings (SSSR count). The second-order valence-corrected chi connectivity index (χ2v) is 4.83. The number of aryl methyl sites for hydroxylation is 2. The van der Waals surface area contributed by atoms with Crippen LogP contribution in [0.5, 0.6) is 5.75 Å². The van der Waals surface area contributed by atoms with Crippen molar-refractivity contribution in [3.05, 3.63) is 27.8 Å². The summed E-state index contributed by atoms with van der Waals surface area (Å²) in [7, 11) is 1.64. The topological polar surface area (TPSA) is 35.2 Å². The quantitative estimate of drug-likeness (QED) is 0.843. The fourth-order valence-electron chi connectivity index (χ4n) is 1.79. The summed E-state index contributed by atoms with van der Waals surface area (Å²) < 4.78 is 5.37. The van der Waals surface area contributed by atoms with E-state index in [9.17, 15) is 0 Å². The fourth-order valence-corrected chi connectivity index (χ4v) is 2.17. The molecule has 1 aromatic carbocycles. The molecule has 15 heavy (non-hydrogen) atoms. The van der Waals surface area contributed by atoms with Crippen molar-refractivity contribution < 1.29 is 4.74 Å². The van der Waals surface area contributed by atoms with Gasteiger partial charge >= 0.3 is 0 Å². The molecule has 0 aromatic heterocycles. The van der Waals surface area contributed by atoms with E-state index in [-0.39, 0.29) is 0 Å². The van der Waals surface area contributed by atoms with Gasteiger partial charge in [-0.05, 0) is 38.8 Å². The Hall–Kier alpha value is -0.730. The fraction of sp³-hybridized carbons (Fsp3) is 0.500. The van der Waals surface area contributed by atoms with Crippen LogP contribution in [-0.4, -0.2) is 7.11 Å². The van der Waals surface area contributed by atoms with Crippen LogP contribution >= 0.6 is 11.6 Å². The van der Waals surface area contributed by atoms with Gasteiger partial charge in [0, 0.05) is 11.1 Å². The van der Waals surface area contributed by atoms with Crippen molar-refractivity contribution in [2.24, 2.45) is 5.73 Å². The Kier molecular flexibility index (Phi) is 3.31. The zero-order valence-corrected chi connectivity index (χ0v) is 10.7. The van der Waals surface area contributed by atoms with E-state index in [0.717, 1.165) is 22.4 Å². The van der Waals surface area contributed by atoms with Crippen LogP contribution in [0.15, 0.2) is 6.07 Å². The first-order valence-corrected chi connectivity index (χ1v) is 5.30. The van der Waals surface area contributed by atoms with Crippen LogP contribution in [0.2, 0.25) is 5.02 Å². The lowest BCUT2D eigenvalue weighted by Gasteiger charge is -2.25. The monoisotopic (exact) mass is 227 g/mol. The van der Waals surface area contributed by atoms with Crippen LogP contribution in [0.3, 0.4) is 0 Å². The molecule has 0 radical (unpaired) electrons. The van der Waals surface area contributed by atoms with Gasteiger partial charge in [0.05, 0.1) is 12.1 Å². The third-order valence-corrected chi connectivity index (χ3v) is 2.92. The van der Waals surface area contributed by atoms with Gasteiger partial charge in [0.1, 0.15) is 5.75 Å². The van der Waals surface area contributed by atoms with Gasteiger partial charge in [0.2, 0.25) is 0 Å². The largest absolute Gasteiger partial charge is 0.496 e. The molecule has 2 nitrogen and oxygen atoms in total. The molecule has 0 atom stereocenters. The zero-order valence-electron chi connectivity index (χ0n) is 9.94. The van der Waals surface area contributed by atoms with Crippen molar-refractivity contribution in [2.75, 3.05) is 7.11 Å². The molecule has 0 fully saturated rings. The third kappa shape index (κ3) is 2.27. The van der Waals surface area contributed by atoms with E-state index in [1.165, 1.54) is 0 Å². The maximum absolute atomic E-state index is 6.27. The van der Waals surface area contributed by atoms with Gasteiger partial charge < -0.3 is 10.5 Å². The lowest BCUT2D eigenvalue weighted by molar-refractivity contribution is 0.391. The van der Waals surface area contributed by atoms with E-state index in [0.29, 0.717) is 5.02 Å². The summed E-state index contributed by atoms with van der Waals surface area (Å²) in [6, 6.07) is 2.01. The molecule has 0 aliphatic heterocycles. The van der Waals surface area contributed by atoms with Gasteiger partial charge in [-0.15, -0.1) is 0 Å². The number of rotatable bonds is 2. The van der Waals surface area contributed by atoms with Gasteiger partial charge in [-0.2, -0.15) is 0 Å². The highest BCUT2D eigenvalue weighted by molar-refractivity contribution is 6.32. The summed E-state index contributed by atoms with van der Waals surface area (Å²) in [6.45, 7) is 7.83. The van der Waals surface area contributed by atoms with Gasteiger partial charge in [0.25, 0.3) is 0 Å². The molecule has 0 aliphatic rings. The number of hydrogen-bond acceptors (Lipinski definition) is 2. The highest BCUT2D eigenvalue weighted by Gasteiger charge is 2.25. The first-order valence-electron chi connectivity index (χ1n) is 4.92. The normalized spacial score (nSPS) is 11.7. The Morgan fingerprint density at radius 3 is 2.20 bits per heavy atom. The summed E-state index contributed by atoms with van der Waals surface area (Å²) in [4.78, 5) is 0. The van der Waals surface area contributed by atoms with Gasteiger partial charge in [0.15, 0.2) is 0 Å². The average Bonchev–Trinajstić information content (AvgIpc) is 2.08. The average molecular weight is 228 g/mol. The molecule has 0 unspecified atom stereocenters. The minimum atomic E-state index is -0.501. The molecular formula is C12H18ClNO. The SMILES string of the molecule is COc1c(C)cc(C)c(Cl)c1C(C)(C)N. The number of benzene rings is 1. The molecule has 0 spiro atoms. The summed E-state index contributed by atoms with van der Waals surface area (Å²) in [5.41, 5.74) is 8.58. The van der Waals surface area contributed by atoms with E-state index in [1.54, 1.807) is 7.11 Å². The molecule has 0 saturated carbocycles. The molecular weight excluding hydrogens is 210 g/mol. The van der Waals surface area contributed by atoms with E-state index >= 15 is 0 Å². The number of methoxy groups -OCH3 is 1. The van der Waals surface area contributed by atoms with E-state index in [4.69, 9.17) is 22.1 Å². The highest BCUT2D eigenvalue weighted by Crippen LogP contribution is 2.38. The molecule has 0 amide bonds. The second-order valence-electron chi connectivity index (χ2n) is 4.45. The van der Waals surface area contributed by atoms with E-state index < -0.39 is 5.54 Å². The Bertz CT molecular complexity index is 380. The summed E-state index contributed by atoms with van der Waals surface area (Å²) in [5.74, 6) is 0.790. The number of nitrogens with two attached hydrogens (primary N) is 1. The summed E-state index contributed by atoms with van der Waals surface area (Å²) >= 11 is 6.27. The Balaban J connectivity index is 3.59. The molecule has 3 heteroatoms. The van der Waals surface area contributed by atoms with Gasteiger partial charge in [-0.25, -0.2) is 0 Å². The Labute approximate surface area is 96.4 Å². The van der Waals surface area contributed by atoms with Crippen LogP contribution in [0.25, 0.3) is 0 Å². The summed E-state index contributed by atoms with van der Waals surface area (Å²) in [6.07, 6.45) is 0. The van der Waals surface area contributed by atoms with E-state index in [2.05, 4.69) is 0 Å². The van der Waals surface area contributed by atoms with Crippen molar-refractivity contribution in [2.45, 2.75) is 33.2 Å². The zero-order chi connectivity index (χ0) is 11.8. The molecule has 0 bridgehead atoms. The molecule has 0 aliphatic carbocycles. The number of hydrogen-bond donors (Lipinski definition) is 1. The van der Waals surface area contributed by atoms with Crippen LogP contribution in [0.1, 0.15) is 30.5 Å². The lowest BCUT2D eigenvalue weighted by Crippen LogP contribution is -2.30. The minimum absolute atomic E-state index is 0.501. The predicted molar refractivity (Wildman–Crippen MR) is 64.7 cm³/mol. The molecule has 2 N–H and O–H groups in total. The Morgan fingerprint density at radius 1 is 1.27 bits per heavy atom. The van der Waals surface area contributed by atoms with E-state index in [1.807, 2.05) is 33.8 Å². The Morgan fingerprint density at radius 2 is 1.80 bits per heavy atom. The van der Waals surface area contributed by atoms with Crippen LogP contribution < -0.4 is 10.5 Å². The molecule has 1 aromatic rings. The smallest absolute Gasteiger partial charge is 0.128 e. The van der Waals surface area contributed by atoms with Gasteiger partial charge in [-0.3, -0.25) is 0 Å². The molecule has 0 heterocycles. The maximum atomic E-state index is 6.27. The second kappa shape index (κ2) is 4.03. The van der Waals surface area contributed by atoms with Gasteiger partial charge in [-0.1, -0.05) is 17.7 Å².